The molecule has 70 valence electrons. The maximum Gasteiger partial charge on any atom is 0.0690 e. The zero-order valence-electron chi connectivity index (χ0n) is 7.81. The summed E-state index contributed by atoms with van der Waals surface area (Å²) in [5.41, 5.74) is 7.00. The van der Waals surface area contributed by atoms with Crippen LogP contribution in [0.4, 0.5) is 0 Å². The number of rotatable bonds is 3. The molecule has 0 radical (unpaired) electrons. The van der Waals surface area contributed by atoms with E-state index >= 15 is 0 Å². The van der Waals surface area contributed by atoms with Gasteiger partial charge in [-0.15, -0.1) is 0 Å². The van der Waals surface area contributed by atoms with Gasteiger partial charge in [-0.25, -0.2) is 0 Å². The molecule has 2 heteroatoms. The van der Waals surface area contributed by atoms with Crippen LogP contribution in [0.15, 0.2) is 30.3 Å². The van der Waals surface area contributed by atoms with Gasteiger partial charge in [0.15, 0.2) is 0 Å². The van der Waals surface area contributed by atoms with Crippen molar-refractivity contribution in [1.29, 1.82) is 0 Å². The Labute approximate surface area is 78.7 Å². The Morgan fingerprint density at radius 3 is 2.46 bits per heavy atom. The zero-order valence-corrected chi connectivity index (χ0v) is 7.81. The molecule has 0 aliphatic heterocycles. The Morgan fingerprint density at radius 1 is 1.31 bits per heavy atom. The van der Waals surface area contributed by atoms with Crippen LogP contribution in [-0.4, -0.2) is 19.8 Å². The van der Waals surface area contributed by atoms with Gasteiger partial charge in [0.1, 0.15) is 0 Å². The lowest BCUT2D eigenvalue weighted by Gasteiger charge is -1.97. The largest absolute Gasteiger partial charge is 0.380 e. The van der Waals surface area contributed by atoms with Crippen LogP contribution in [0.1, 0.15) is 11.5 Å². The van der Waals surface area contributed by atoms with Crippen LogP contribution in [0.5, 0.6) is 0 Å². The molecule has 0 heterocycles. The number of ether oxygens (including phenoxy) is 1. The van der Waals surface area contributed by atoms with Crippen molar-refractivity contribution in [3.05, 3.63) is 35.9 Å². The first-order valence-electron chi connectivity index (χ1n) is 4.66. The van der Waals surface area contributed by atoms with Crippen LogP contribution in [0.3, 0.4) is 0 Å². The van der Waals surface area contributed by atoms with Crippen molar-refractivity contribution in [2.75, 3.05) is 13.7 Å². The molecule has 1 aliphatic rings. The van der Waals surface area contributed by atoms with E-state index in [0.717, 1.165) is 6.54 Å². The molecular weight excluding hydrogens is 162 g/mol. The van der Waals surface area contributed by atoms with Crippen molar-refractivity contribution < 1.29 is 4.74 Å². The van der Waals surface area contributed by atoms with Crippen LogP contribution < -0.4 is 5.73 Å². The van der Waals surface area contributed by atoms with Crippen molar-refractivity contribution in [3.8, 4) is 0 Å². The number of benzene rings is 1. The van der Waals surface area contributed by atoms with Gasteiger partial charge in [-0.3, -0.25) is 0 Å². The lowest BCUT2D eigenvalue weighted by molar-refractivity contribution is 0.167. The van der Waals surface area contributed by atoms with E-state index < -0.39 is 0 Å². The van der Waals surface area contributed by atoms with E-state index in [1.165, 1.54) is 5.56 Å². The molecule has 3 unspecified atom stereocenters. The smallest absolute Gasteiger partial charge is 0.0690 e. The van der Waals surface area contributed by atoms with Crippen LogP contribution in [0.25, 0.3) is 0 Å². The molecule has 0 amide bonds. The van der Waals surface area contributed by atoms with Gasteiger partial charge in [0, 0.05) is 18.9 Å². The maximum atomic E-state index is 5.65. The van der Waals surface area contributed by atoms with Gasteiger partial charge >= 0.3 is 0 Å². The van der Waals surface area contributed by atoms with Crippen LogP contribution in [0, 0.1) is 5.92 Å². The normalized spacial score (nSPS) is 31.7. The summed E-state index contributed by atoms with van der Waals surface area (Å²) in [6.07, 6.45) is 0.340. The lowest BCUT2D eigenvalue weighted by Crippen LogP contribution is -2.05. The summed E-state index contributed by atoms with van der Waals surface area (Å²) in [5.74, 6) is 1.04. The topological polar surface area (TPSA) is 35.2 Å². The van der Waals surface area contributed by atoms with E-state index in [-0.39, 0.29) is 0 Å². The molecule has 0 spiro atoms. The third-order valence-corrected chi connectivity index (χ3v) is 2.83. The predicted octanol–water partition coefficient (Wildman–Crippen LogP) is 1.37. The quantitative estimate of drug-likeness (QED) is 0.757. The van der Waals surface area contributed by atoms with Gasteiger partial charge in [0.2, 0.25) is 0 Å². The highest BCUT2D eigenvalue weighted by Crippen LogP contribution is 2.48. The van der Waals surface area contributed by atoms with Gasteiger partial charge < -0.3 is 10.5 Å². The first-order valence-corrected chi connectivity index (χ1v) is 4.66. The van der Waals surface area contributed by atoms with Crippen molar-refractivity contribution in [2.24, 2.45) is 11.7 Å². The molecule has 2 N–H and O–H groups in total. The lowest BCUT2D eigenvalue weighted by atomic mass is 10.1. The molecule has 2 rings (SSSR count). The Morgan fingerprint density at radius 2 is 2.00 bits per heavy atom. The molecule has 3 atom stereocenters. The minimum absolute atomic E-state index is 0.340. The van der Waals surface area contributed by atoms with Crippen molar-refractivity contribution in [2.45, 2.75) is 12.0 Å². The molecular formula is C11H15NO. The third kappa shape index (κ3) is 1.47. The molecule has 1 aromatic rings. The second-order valence-electron chi connectivity index (χ2n) is 3.54. The number of nitrogens with two attached hydrogens (primary N) is 1. The Bertz CT molecular complexity index is 263. The number of methoxy groups -OCH3 is 1. The van der Waals surface area contributed by atoms with E-state index in [4.69, 9.17) is 10.5 Å². The molecule has 1 fully saturated rings. The average molecular weight is 177 g/mol. The van der Waals surface area contributed by atoms with Gasteiger partial charge in [-0.05, 0) is 12.1 Å². The van der Waals surface area contributed by atoms with Crippen molar-refractivity contribution in [1.82, 2.24) is 0 Å². The first kappa shape index (κ1) is 8.73. The average Bonchev–Trinajstić information content (AvgIpc) is 2.92. The summed E-state index contributed by atoms with van der Waals surface area (Å²) in [6, 6.07) is 10.5. The van der Waals surface area contributed by atoms with Gasteiger partial charge in [0.05, 0.1) is 6.10 Å². The van der Waals surface area contributed by atoms with E-state index in [2.05, 4.69) is 24.3 Å². The predicted molar refractivity (Wildman–Crippen MR) is 52.5 cm³/mol. The third-order valence-electron chi connectivity index (χ3n) is 2.83. The van der Waals surface area contributed by atoms with Crippen molar-refractivity contribution >= 4 is 0 Å². The van der Waals surface area contributed by atoms with Crippen LogP contribution in [-0.2, 0) is 4.74 Å². The highest BCUT2D eigenvalue weighted by Gasteiger charge is 2.50. The van der Waals surface area contributed by atoms with E-state index in [9.17, 15) is 0 Å². The minimum Gasteiger partial charge on any atom is -0.380 e. The molecule has 1 aromatic carbocycles. The van der Waals surface area contributed by atoms with Gasteiger partial charge in [-0.2, -0.15) is 0 Å². The zero-order chi connectivity index (χ0) is 9.26. The van der Waals surface area contributed by atoms with E-state index in [1.807, 2.05) is 6.07 Å². The summed E-state index contributed by atoms with van der Waals surface area (Å²) >= 11 is 0. The summed E-state index contributed by atoms with van der Waals surface area (Å²) in [5, 5.41) is 0. The van der Waals surface area contributed by atoms with Gasteiger partial charge in [0.25, 0.3) is 0 Å². The summed E-state index contributed by atoms with van der Waals surface area (Å²) in [4.78, 5) is 0. The number of hydrogen-bond donors (Lipinski definition) is 1. The minimum atomic E-state index is 0.340. The van der Waals surface area contributed by atoms with E-state index in [0.29, 0.717) is 17.9 Å². The van der Waals surface area contributed by atoms with Crippen molar-refractivity contribution in [3.63, 3.8) is 0 Å². The monoisotopic (exact) mass is 177 g/mol. The summed E-state index contributed by atoms with van der Waals surface area (Å²) in [7, 11) is 1.76. The molecule has 13 heavy (non-hydrogen) atoms. The molecule has 0 aromatic heterocycles. The van der Waals surface area contributed by atoms with Crippen LogP contribution in [0.2, 0.25) is 0 Å². The maximum absolute atomic E-state index is 5.65. The fourth-order valence-corrected chi connectivity index (χ4v) is 2.06. The second kappa shape index (κ2) is 3.48. The molecule has 1 saturated carbocycles. The Balaban J connectivity index is 2.12. The fourth-order valence-electron chi connectivity index (χ4n) is 2.06. The Kier molecular flexibility index (Phi) is 2.34. The summed E-state index contributed by atoms with van der Waals surface area (Å²) in [6.45, 7) is 0.720. The Hall–Kier alpha value is -0.860. The van der Waals surface area contributed by atoms with Crippen LogP contribution >= 0.6 is 0 Å². The highest BCUT2D eigenvalue weighted by atomic mass is 16.5. The summed E-state index contributed by atoms with van der Waals surface area (Å²) < 4.78 is 5.35. The molecule has 1 aliphatic carbocycles. The highest BCUT2D eigenvalue weighted by molar-refractivity contribution is 5.29. The number of hydrogen-bond acceptors (Lipinski definition) is 2. The van der Waals surface area contributed by atoms with Gasteiger partial charge in [-0.1, -0.05) is 30.3 Å². The molecule has 0 bridgehead atoms. The first-order chi connectivity index (χ1) is 6.38. The molecule has 0 saturated heterocycles. The SMILES string of the molecule is COC1C(CN)C1c1ccccc1. The molecule has 2 nitrogen and oxygen atoms in total. The fraction of sp³-hybridized carbons (Fsp3) is 0.455. The second-order valence-corrected chi connectivity index (χ2v) is 3.54. The standard InChI is InChI=1S/C11H15NO/c1-13-11-9(7-12)10(11)8-5-3-2-4-6-8/h2-6,9-11H,7,12H2,1H3. The van der Waals surface area contributed by atoms with E-state index in [1.54, 1.807) is 7.11 Å².